The van der Waals surface area contributed by atoms with Crippen LogP contribution in [0.3, 0.4) is 0 Å². The maximum absolute atomic E-state index is 11.6. The molecule has 2 heterocycles. The van der Waals surface area contributed by atoms with E-state index in [1.54, 1.807) is 6.92 Å². The molecule has 1 aliphatic rings. The van der Waals surface area contributed by atoms with E-state index in [2.05, 4.69) is 52.7 Å². The number of aromatic nitrogens is 3. The third kappa shape index (κ3) is 5.53. The van der Waals surface area contributed by atoms with Crippen LogP contribution in [0.4, 0.5) is 0 Å². The van der Waals surface area contributed by atoms with Crippen molar-refractivity contribution in [2.24, 2.45) is 11.8 Å². The van der Waals surface area contributed by atoms with Crippen molar-refractivity contribution in [1.29, 1.82) is 0 Å². The van der Waals surface area contributed by atoms with Gasteiger partial charge in [0.1, 0.15) is 5.82 Å². The van der Waals surface area contributed by atoms with Crippen LogP contribution in [0.5, 0.6) is 0 Å². The number of nitrogens with one attached hydrogen (secondary N) is 1. The van der Waals surface area contributed by atoms with Gasteiger partial charge in [-0.15, -0.1) is 10.2 Å². The number of hydrogen-bond acceptors (Lipinski definition) is 4. The molecule has 6 heteroatoms. The van der Waals surface area contributed by atoms with Gasteiger partial charge >= 0.3 is 0 Å². The van der Waals surface area contributed by atoms with E-state index in [0.717, 1.165) is 50.0 Å². The Labute approximate surface area is 152 Å². The van der Waals surface area contributed by atoms with Crippen molar-refractivity contribution in [3.63, 3.8) is 0 Å². The van der Waals surface area contributed by atoms with Gasteiger partial charge in [-0.05, 0) is 18.3 Å². The molecule has 0 aliphatic carbocycles. The van der Waals surface area contributed by atoms with Crippen LogP contribution in [0.2, 0.25) is 0 Å². The molecule has 0 saturated heterocycles. The van der Waals surface area contributed by atoms with Gasteiger partial charge < -0.3 is 14.8 Å². The Kier molecular flexibility index (Phi) is 7.41. The normalized spacial score (nSPS) is 16.8. The van der Waals surface area contributed by atoms with Gasteiger partial charge in [-0.1, -0.05) is 40.5 Å². The van der Waals surface area contributed by atoms with E-state index < -0.39 is 0 Å². The Morgan fingerprint density at radius 3 is 2.48 bits per heavy atom. The second-order valence-electron chi connectivity index (χ2n) is 7.74. The number of amides is 1. The summed E-state index contributed by atoms with van der Waals surface area (Å²) >= 11 is 0. The smallest absolute Gasteiger partial charge is 0.217 e. The van der Waals surface area contributed by atoms with Gasteiger partial charge in [0.25, 0.3) is 0 Å². The molecular formula is C19H35N5O. The molecule has 0 bridgehead atoms. The van der Waals surface area contributed by atoms with Gasteiger partial charge in [0.05, 0.1) is 6.04 Å². The fourth-order valence-electron chi connectivity index (χ4n) is 3.69. The first-order chi connectivity index (χ1) is 11.9. The van der Waals surface area contributed by atoms with E-state index in [1.807, 2.05) is 0 Å². The number of nitrogens with zero attached hydrogens (tertiary/aromatic N) is 4. The molecule has 1 atom stereocenters. The van der Waals surface area contributed by atoms with E-state index in [9.17, 15) is 4.79 Å². The van der Waals surface area contributed by atoms with Crippen LogP contribution >= 0.6 is 0 Å². The zero-order valence-electron chi connectivity index (χ0n) is 16.6. The van der Waals surface area contributed by atoms with Gasteiger partial charge in [-0.25, -0.2) is 0 Å². The number of carbonyl (C=O) groups excluding carboxylic acids is 1. The highest BCUT2D eigenvalue weighted by Gasteiger charge is 2.25. The lowest BCUT2D eigenvalue weighted by Gasteiger charge is -2.25. The number of fused-ring (bicyclic) bond motifs is 1. The zero-order chi connectivity index (χ0) is 18.4. The number of hydrogen-bond donors (Lipinski definition) is 1. The number of carbonyl (C=O) groups is 1. The second kappa shape index (κ2) is 9.32. The first-order valence-corrected chi connectivity index (χ1v) is 9.85. The average Bonchev–Trinajstić information content (AvgIpc) is 2.85. The van der Waals surface area contributed by atoms with Crippen molar-refractivity contribution in [1.82, 2.24) is 25.0 Å². The molecule has 1 aromatic heterocycles. The van der Waals surface area contributed by atoms with Gasteiger partial charge in [-0.3, -0.25) is 4.79 Å². The van der Waals surface area contributed by atoms with Crippen LogP contribution in [-0.2, 0) is 17.8 Å². The summed E-state index contributed by atoms with van der Waals surface area (Å²) in [7, 11) is 0. The third-order valence-electron chi connectivity index (χ3n) is 5.21. The lowest BCUT2D eigenvalue weighted by Crippen LogP contribution is -2.33. The van der Waals surface area contributed by atoms with E-state index in [0.29, 0.717) is 5.92 Å². The lowest BCUT2D eigenvalue weighted by atomic mass is 10.0. The fourth-order valence-corrected chi connectivity index (χ4v) is 3.69. The molecule has 1 amide bonds. The Bertz CT molecular complexity index is 550. The van der Waals surface area contributed by atoms with Gasteiger partial charge in [0.2, 0.25) is 5.91 Å². The molecule has 142 valence electrons. The summed E-state index contributed by atoms with van der Waals surface area (Å²) in [6.07, 6.45) is 4.30. The molecule has 0 fully saturated rings. The largest absolute Gasteiger partial charge is 0.346 e. The predicted molar refractivity (Wildman–Crippen MR) is 100 cm³/mol. The summed E-state index contributed by atoms with van der Waals surface area (Å²) in [5, 5.41) is 12.0. The molecule has 2 rings (SSSR count). The standard InChI is InChI=1S/C19H35N5O/c1-6-16(7-2)13-23-9-8-18-21-22-19(24(18)11-10-23)17(12-14(3)4)20-15(5)25/h14,16-17H,6-13H2,1-5H3,(H,20,25). The maximum atomic E-state index is 11.6. The maximum Gasteiger partial charge on any atom is 0.217 e. The molecule has 0 aromatic carbocycles. The average molecular weight is 350 g/mol. The van der Waals surface area contributed by atoms with Crippen molar-refractivity contribution in [3.8, 4) is 0 Å². The molecule has 0 spiro atoms. The first kappa shape index (κ1) is 19.9. The highest BCUT2D eigenvalue weighted by molar-refractivity contribution is 5.73. The second-order valence-corrected chi connectivity index (χ2v) is 7.74. The molecular weight excluding hydrogens is 314 g/mol. The summed E-state index contributed by atoms with van der Waals surface area (Å²) in [5.41, 5.74) is 0. The summed E-state index contributed by atoms with van der Waals surface area (Å²) in [6, 6.07) is -0.0515. The van der Waals surface area contributed by atoms with Crippen molar-refractivity contribution in [2.45, 2.75) is 72.9 Å². The van der Waals surface area contributed by atoms with Crippen LogP contribution in [0.1, 0.15) is 71.6 Å². The summed E-state index contributed by atoms with van der Waals surface area (Å²) in [4.78, 5) is 14.2. The first-order valence-electron chi connectivity index (χ1n) is 9.85. The van der Waals surface area contributed by atoms with Crippen LogP contribution in [0, 0.1) is 11.8 Å². The van der Waals surface area contributed by atoms with Crippen molar-refractivity contribution in [2.75, 3.05) is 19.6 Å². The van der Waals surface area contributed by atoms with Crippen LogP contribution in [0.25, 0.3) is 0 Å². The Morgan fingerprint density at radius 2 is 1.88 bits per heavy atom. The van der Waals surface area contributed by atoms with Crippen molar-refractivity contribution < 1.29 is 4.79 Å². The van der Waals surface area contributed by atoms with Gasteiger partial charge in [-0.2, -0.15) is 0 Å². The summed E-state index contributed by atoms with van der Waals surface area (Å²) in [5.74, 6) is 3.23. The molecule has 1 unspecified atom stereocenters. The quantitative estimate of drug-likeness (QED) is 0.784. The SMILES string of the molecule is CCC(CC)CN1CCc2nnc(C(CC(C)C)NC(C)=O)n2CC1. The molecule has 1 aliphatic heterocycles. The van der Waals surface area contributed by atoms with E-state index >= 15 is 0 Å². The topological polar surface area (TPSA) is 63.1 Å². The van der Waals surface area contributed by atoms with Gasteiger partial charge in [0, 0.05) is 39.5 Å². The van der Waals surface area contributed by atoms with Gasteiger partial charge in [0.15, 0.2) is 5.82 Å². The Morgan fingerprint density at radius 1 is 1.16 bits per heavy atom. The van der Waals surface area contributed by atoms with Crippen LogP contribution in [0.15, 0.2) is 0 Å². The molecule has 0 saturated carbocycles. The van der Waals surface area contributed by atoms with E-state index in [1.165, 1.54) is 19.4 Å². The summed E-state index contributed by atoms with van der Waals surface area (Å²) in [6.45, 7) is 14.6. The molecule has 6 nitrogen and oxygen atoms in total. The van der Waals surface area contributed by atoms with Crippen molar-refractivity contribution >= 4 is 5.91 Å². The number of rotatable bonds is 8. The summed E-state index contributed by atoms with van der Waals surface area (Å²) < 4.78 is 2.25. The van der Waals surface area contributed by atoms with E-state index in [4.69, 9.17) is 0 Å². The van der Waals surface area contributed by atoms with Crippen LogP contribution < -0.4 is 5.32 Å². The van der Waals surface area contributed by atoms with Crippen molar-refractivity contribution in [3.05, 3.63) is 11.6 Å². The zero-order valence-corrected chi connectivity index (χ0v) is 16.6. The predicted octanol–water partition coefficient (Wildman–Crippen LogP) is 2.80. The highest BCUT2D eigenvalue weighted by atomic mass is 16.1. The minimum Gasteiger partial charge on any atom is -0.346 e. The third-order valence-corrected chi connectivity index (χ3v) is 5.21. The fraction of sp³-hybridized carbons (Fsp3) is 0.842. The molecule has 1 N–H and O–H groups in total. The lowest BCUT2D eigenvalue weighted by molar-refractivity contribution is -0.119. The molecule has 1 aromatic rings. The Balaban J connectivity index is 2.12. The minimum atomic E-state index is -0.0515. The van der Waals surface area contributed by atoms with Crippen LogP contribution in [-0.4, -0.2) is 45.2 Å². The Hall–Kier alpha value is -1.43. The monoisotopic (exact) mass is 349 g/mol. The minimum absolute atomic E-state index is 0.00742. The molecule has 25 heavy (non-hydrogen) atoms. The molecule has 0 radical (unpaired) electrons. The van der Waals surface area contributed by atoms with E-state index in [-0.39, 0.29) is 11.9 Å². The highest BCUT2D eigenvalue weighted by Crippen LogP contribution is 2.22.